The lowest BCUT2D eigenvalue weighted by molar-refractivity contribution is -0.0751. The quantitative estimate of drug-likeness (QED) is 0.907. The van der Waals surface area contributed by atoms with Gasteiger partial charge >= 0.3 is 0 Å². The fourth-order valence-corrected chi connectivity index (χ4v) is 2.77. The standard InChI is InChI=1S/C15H24N4O/c1-11-9-19(10-15(2,3)20-11)14-8-17-13(7-18-14)6-16-12-4-5-12/h7-8,11-12,16H,4-6,9-10H2,1-3H3. The van der Waals surface area contributed by atoms with Crippen LogP contribution in [0.1, 0.15) is 39.3 Å². The smallest absolute Gasteiger partial charge is 0.147 e. The molecule has 1 saturated heterocycles. The van der Waals surface area contributed by atoms with Crippen LogP contribution in [0.5, 0.6) is 0 Å². The Morgan fingerprint density at radius 2 is 2.15 bits per heavy atom. The average molecular weight is 276 g/mol. The predicted octanol–water partition coefficient (Wildman–Crippen LogP) is 1.73. The first-order valence-corrected chi connectivity index (χ1v) is 7.49. The molecule has 1 aliphatic carbocycles. The van der Waals surface area contributed by atoms with Crippen molar-refractivity contribution in [2.45, 2.75) is 57.9 Å². The van der Waals surface area contributed by atoms with Crippen molar-refractivity contribution in [2.75, 3.05) is 18.0 Å². The number of ether oxygens (including phenoxy) is 1. The van der Waals surface area contributed by atoms with E-state index in [9.17, 15) is 0 Å². The molecule has 110 valence electrons. The van der Waals surface area contributed by atoms with Crippen LogP contribution < -0.4 is 10.2 Å². The topological polar surface area (TPSA) is 50.3 Å². The monoisotopic (exact) mass is 276 g/mol. The van der Waals surface area contributed by atoms with Gasteiger partial charge < -0.3 is 15.0 Å². The summed E-state index contributed by atoms with van der Waals surface area (Å²) in [5, 5.41) is 3.46. The van der Waals surface area contributed by atoms with Gasteiger partial charge in [0, 0.05) is 25.7 Å². The van der Waals surface area contributed by atoms with E-state index in [4.69, 9.17) is 4.74 Å². The molecule has 1 unspecified atom stereocenters. The lowest BCUT2D eigenvalue weighted by Gasteiger charge is -2.42. The second-order valence-electron chi connectivity index (χ2n) is 6.59. The van der Waals surface area contributed by atoms with Crippen LogP contribution in [0.25, 0.3) is 0 Å². The van der Waals surface area contributed by atoms with E-state index in [0.29, 0.717) is 6.04 Å². The first kappa shape index (κ1) is 13.8. The molecule has 1 atom stereocenters. The zero-order chi connectivity index (χ0) is 14.2. The van der Waals surface area contributed by atoms with E-state index in [2.05, 4.69) is 41.0 Å². The Hall–Kier alpha value is -1.20. The molecule has 5 heteroatoms. The first-order valence-electron chi connectivity index (χ1n) is 7.49. The van der Waals surface area contributed by atoms with Gasteiger partial charge in [-0.2, -0.15) is 0 Å². The van der Waals surface area contributed by atoms with Crippen molar-refractivity contribution in [2.24, 2.45) is 0 Å². The SMILES string of the molecule is CC1CN(c2cnc(CNC3CC3)cn2)CC(C)(C)O1. The molecule has 3 rings (SSSR count). The minimum Gasteiger partial charge on any atom is -0.369 e. The summed E-state index contributed by atoms with van der Waals surface area (Å²) in [6.07, 6.45) is 6.59. The number of nitrogens with one attached hydrogen (secondary N) is 1. The van der Waals surface area contributed by atoms with Gasteiger partial charge in [-0.15, -0.1) is 0 Å². The summed E-state index contributed by atoms with van der Waals surface area (Å²) >= 11 is 0. The van der Waals surface area contributed by atoms with Crippen LogP contribution in [0.3, 0.4) is 0 Å². The van der Waals surface area contributed by atoms with Crippen molar-refractivity contribution in [3.05, 3.63) is 18.1 Å². The normalized spacial score (nSPS) is 25.8. The first-order chi connectivity index (χ1) is 9.52. The van der Waals surface area contributed by atoms with Gasteiger partial charge in [-0.1, -0.05) is 0 Å². The van der Waals surface area contributed by atoms with Gasteiger partial charge in [0.1, 0.15) is 5.82 Å². The predicted molar refractivity (Wildman–Crippen MR) is 78.7 cm³/mol. The van der Waals surface area contributed by atoms with E-state index in [1.165, 1.54) is 12.8 Å². The van der Waals surface area contributed by atoms with Crippen LogP contribution in [-0.4, -0.2) is 40.8 Å². The molecule has 1 N–H and O–H groups in total. The molecule has 0 amide bonds. The third-order valence-corrected chi connectivity index (χ3v) is 3.73. The molecule has 1 aliphatic heterocycles. The molecule has 1 saturated carbocycles. The van der Waals surface area contributed by atoms with Crippen LogP contribution in [0.4, 0.5) is 5.82 Å². The molecule has 2 fully saturated rings. The molecule has 1 aromatic rings. The van der Waals surface area contributed by atoms with Crippen molar-refractivity contribution >= 4 is 5.82 Å². The van der Waals surface area contributed by atoms with Crippen LogP contribution >= 0.6 is 0 Å². The van der Waals surface area contributed by atoms with Gasteiger partial charge in [-0.25, -0.2) is 4.98 Å². The highest BCUT2D eigenvalue weighted by Crippen LogP contribution is 2.24. The van der Waals surface area contributed by atoms with Crippen molar-refractivity contribution < 1.29 is 4.74 Å². The zero-order valence-corrected chi connectivity index (χ0v) is 12.6. The zero-order valence-electron chi connectivity index (χ0n) is 12.6. The van der Waals surface area contributed by atoms with Crippen LogP contribution in [-0.2, 0) is 11.3 Å². The molecule has 0 bridgehead atoms. The molecule has 2 heterocycles. The van der Waals surface area contributed by atoms with Crippen molar-refractivity contribution in [3.63, 3.8) is 0 Å². The minimum atomic E-state index is -0.133. The Kier molecular flexibility index (Phi) is 3.65. The van der Waals surface area contributed by atoms with E-state index in [-0.39, 0.29) is 11.7 Å². The average Bonchev–Trinajstić information content (AvgIpc) is 3.18. The van der Waals surface area contributed by atoms with Crippen molar-refractivity contribution in [3.8, 4) is 0 Å². The second-order valence-corrected chi connectivity index (χ2v) is 6.59. The molecule has 5 nitrogen and oxygen atoms in total. The van der Waals surface area contributed by atoms with Gasteiger partial charge in [-0.05, 0) is 33.6 Å². The van der Waals surface area contributed by atoms with E-state index in [1.807, 2.05) is 12.4 Å². The summed E-state index contributed by atoms with van der Waals surface area (Å²) in [5.41, 5.74) is 0.882. The highest BCUT2D eigenvalue weighted by Gasteiger charge is 2.32. The Bertz CT molecular complexity index is 455. The second kappa shape index (κ2) is 5.30. The number of nitrogens with zero attached hydrogens (tertiary/aromatic N) is 3. The Morgan fingerprint density at radius 3 is 2.75 bits per heavy atom. The summed E-state index contributed by atoms with van der Waals surface area (Å²) in [6, 6.07) is 0.706. The number of rotatable bonds is 4. The van der Waals surface area contributed by atoms with Gasteiger partial charge in [0.15, 0.2) is 0 Å². The molecular formula is C15H24N4O. The number of morpholine rings is 1. The maximum absolute atomic E-state index is 5.92. The third-order valence-electron chi connectivity index (χ3n) is 3.73. The maximum Gasteiger partial charge on any atom is 0.147 e. The van der Waals surface area contributed by atoms with Crippen LogP contribution in [0.2, 0.25) is 0 Å². The van der Waals surface area contributed by atoms with E-state index in [0.717, 1.165) is 31.1 Å². The molecule has 20 heavy (non-hydrogen) atoms. The molecule has 2 aliphatic rings. The molecule has 0 radical (unpaired) electrons. The summed E-state index contributed by atoms with van der Waals surface area (Å²) < 4.78 is 5.92. The minimum absolute atomic E-state index is 0.133. The van der Waals surface area contributed by atoms with Crippen molar-refractivity contribution in [1.29, 1.82) is 0 Å². The lowest BCUT2D eigenvalue weighted by Crippen LogP contribution is -2.52. The van der Waals surface area contributed by atoms with Gasteiger partial charge in [0.25, 0.3) is 0 Å². The molecule has 1 aromatic heterocycles. The summed E-state index contributed by atoms with van der Waals surface area (Å²) in [6.45, 7) is 8.90. The summed E-state index contributed by atoms with van der Waals surface area (Å²) in [4.78, 5) is 11.4. The van der Waals surface area contributed by atoms with Crippen LogP contribution in [0, 0.1) is 0 Å². The van der Waals surface area contributed by atoms with E-state index < -0.39 is 0 Å². The fourth-order valence-electron chi connectivity index (χ4n) is 2.77. The Labute approximate surface area is 120 Å². The molecular weight excluding hydrogens is 252 g/mol. The number of aromatic nitrogens is 2. The highest BCUT2D eigenvalue weighted by molar-refractivity contribution is 5.37. The van der Waals surface area contributed by atoms with Gasteiger partial charge in [-0.3, -0.25) is 4.98 Å². The van der Waals surface area contributed by atoms with E-state index >= 15 is 0 Å². The number of anilines is 1. The van der Waals surface area contributed by atoms with Gasteiger partial charge in [0.2, 0.25) is 0 Å². The molecule has 0 spiro atoms. The van der Waals surface area contributed by atoms with Crippen LogP contribution in [0.15, 0.2) is 12.4 Å². The Balaban J connectivity index is 1.63. The van der Waals surface area contributed by atoms with Crippen molar-refractivity contribution in [1.82, 2.24) is 15.3 Å². The third kappa shape index (κ3) is 3.46. The fraction of sp³-hybridized carbons (Fsp3) is 0.733. The number of hydrogen-bond acceptors (Lipinski definition) is 5. The maximum atomic E-state index is 5.92. The number of hydrogen-bond donors (Lipinski definition) is 1. The Morgan fingerprint density at radius 1 is 1.35 bits per heavy atom. The summed E-state index contributed by atoms with van der Waals surface area (Å²) in [5.74, 6) is 0.948. The summed E-state index contributed by atoms with van der Waals surface area (Å²) in [7, 11) is 0. The van der Waals surface area contributed by atoms with E-state index in [1.54, 1.807) is 0 Å². The molecule has 0 aromatic carbocycles. The van der Waals surface area contributed by atoms with Gasteiger partial charge in [0.05, 0.1) is 29.8 Å². The lowest BCUT2D eigenvalue weighted by atomic mass is 10.1. The highest BCUT2D eigenvalue weighted by atomic mass is 16.5. The largest absolute Gasteiger partial charge is 0.369 e.